The summed E-state index contributed by atoms with van der Waals surface area (Å²) in [6, 6.07) is 0. The number of anilines is 2. The molecule has 0 aromatic carbocycles. The molecule has 0 saturated heterocycles. The van der Waals surface area contributed by atoms with Gasteiger partial charge in [0.2, 0.25) is 5.88 Å². The lowest BCUT2D eigenvalue weighted by atomic mass is 10.4. The van der Waals surface area contributed by atoms with Gasteiger partial charge < -0.3 is 20.5 Å². The van der Waals surface area contributed by atoms with Crippen LogP contribution in [0.5, 0.6) is 5.88 Å². The van der Waals surface area contributed by atoms with E-state index in [0.29, 0.717) is 24.0 Å². The molecule has 0 aliphatic rings. The fourth-order valence-corrected chi connectivity index (χ4v) is 1.28. The van der Waals surface area contributed by atoms with Crippen LogP contribution in [0, 0.1) is 0 Å². The first kappa shape index (κ1) is 13.5. The number of hydrogen-bond acceptors (Lipinski definition) is 6. The fourth-order valence-electron chi connectivity index (χ4n) is 1.28. The maximum atomic E-state index is 5.81. The molecule has 0 saturated carbocycles. The third-order valence-electron chi connectivity index (χ3n) is 2.11. The number of nitrogens with zero attached hydrogens (tertiary/aromatic N) is 2. The molecular formula is C11H20N4O2. The lowest BCUT2D eigenvalue weighted by Gasteiger charge is -2.11. The molecule has 0 unspecified atom stereocenters. The highest BCUT2D eigenvalue weighted by atomic mass is 16.5. The predicted molar refractivity (Wildman–Crippen MR) is 67.2 cm³/mol. The Bertz CT molecular complexity index is 344. The zero-order chi connectivity index (χ0) is 12.7. The Morgan fingerprint density at radius 1 is 1.41 bits per heavy atom. The topological polar surface area (TPSA) is 82.3 Å². The van der Waals surface area contributed by atoms with Crippen molar-refractivity contribution >= 4 is 11.5 Å². The predicted octanol–water partition coefficient (Wildman–Crippen LogP) is 1.29. The summed E-state index contributed by atoms with van der Waals surface area (Å²) in [6.45, 7) is 5.49. The Hall–Kier alpha value is -1.56. The summed E-state index contributed by atoms with van der Waals surface area (Å²) in [7, 11) is 1.53. The van der Waals surface area contributed by atoms with Gasteiger partial charge in [0.15, 0.2) is 5.82 Å². The molecule has 1 aromatic rings. The minimum atomic E-state index is 0.263. The molecule has 0 fully saturated rings. The molecular weight excluding hydrogens is 220 g/mol. The molecule has 1 heterocycles. The van der Waals surface area contributed by atoms with Gasteiger partial charge in [0.25, 0.3) is 0 Å². The normalized spacial score (nSPS) is 10.6. The van der Waals surface area contributed by atoms with E-state index in [-0.39, 0.29) is 6.10 Å². The zero-order valence-electron chi connectivity index (χ0n) is 10.6. The van der Waals surface area contributed by atoms with E-state index in [9.17, 15) is 0 Å². The lowest BCUT2D eigenvalue weighted by Crippen LogP contribution is -2.11. The van der Waals surface area contributed by atoms with Gasteiger partial charge in [-0.25, -0.2) is 4.98 Å². The van der Waals surface area contributed by atoms with Crippen LogP contribution >= 0.6 is 0 Å². The van der Waals surface area contributed by atoms with Gasteiger partial charge in [-0.1, -0.05) is 0 Å². The lowest BCUT2D eigenvalue weighted by molar-refractivity contribution is 0.0787. The SMILES string of the molecule is COc1ncnc(NCCCOC(C)C)c1N. The van der Waals surface area contributed by atoms with Crippen LogP contribution in [0.3, 0.4) is 0 Å². The van der Waals surface area contributed by atoms with Crippen LogP contribution < -0.4 is 15.8 Å². The van der Waals surface area contributed by atoms with E-state index in [1.807, 2.05) is 13.8 Å². The number of hydrogen-bond donors (Lipinski definition) is 2. The Labute approximate surface area is 102 Å². The Morgan fingerprint density at radius 3 is 2.82 bits per heavy atom. The molecule has 96 valence electrons. The highest BCUT2D eigenvalue weighted by Gasteiger charge is 2.07. The van der Waals surface area contributed by atoms with Crippen LogP contribution in [0.4, 0.5) is 11.5 Å². The summed E-state index contributed by atoms with van der Waals surface area (Å²) in [4.78, 5) is 7.95. The molecule has 6 heteroatoms. The van der Waals surface area contributed by atoms with E-state index in [1.54, 1.807) is 0 Å². The quantitative estimate of drug-likeness (QED) is 0.699. The maximum Gasteiger partial charge on any atom is 0.242 e. The van der Waals surface area contributed by atoms with Gasteiger partial charge in [-0.3, -0.25) is 0 Å². The van der Waals surface area contributed by atoms with Crippen molar-refractivity contribution in [2.24, 2.45) is 0 Å². The van der Waals surface area contributed by atoms with E-state index in [4.69, 9.17) is 15.2 Å². The highest BCUT2D eigenvalue weighted by Crippen LogP contribution is 2.23. The number of aromatic nitrogens is 2. The Balaban J connectivity index is 2.36. The summed E-state index contributed by atoms with van der Waals surface area (Å²) in [5.74, 6) is 0.988. The molecule has 0 aliphatic heterocycles. The van der Waals surface area contributed by atoms with E-state index < -0.39 is 0 Å². The third kappa shape index (κ3) is 4.44. The first-order chi connectivity index (χ1) is 8.15. The molecule has 1 rings (SSSR count). The van der Waals surface area contributed by atoms with E-state index >= 15 is 0 Å². The van der Waals surface area contributed by atoms with Crippen LogP contribution in [0.15, 0.2) is 6.33 Å². The number of nitrogens with two attached hydrogens (primary N) is 1. The number of ether oxygens (including phenoxy) is 2. The van der Waals surface area contributed by atoms with Crippen molar-refractivity contribution in [2.75, 3.05) is 31.3 Å². The van der Waals surface area contributed by atoms with Crippen LogP contribution in [-0.4, -0.2) is 36.3 Å². The first-order valence-electron chi connectivity index (χ1n) is 5.65. The van der Waals surface area contributed by atoms with Crippen molar-refractivity contribution in [1.82, 2.24) is 9.97 Å². The number of nitrogen functional groups attached to an aromatic ring is 1. The second-order valence-corrected chi connectivity index (χ2v) is 3.85. The number of methoxy groups -OCH3 is 1. The molecule has 1 aromatic heterocycles. The van der Waals surface area contributed by atoms with Crippen LogP contribution in [0.1, 0.15) is 20.3 Å². The minimum Gasteiger partial charge on any atom is -0.479 e. The molecule has 0 aliphatic carbocycles. The monoisotopic (exact) mass is 240 g/mol. The largest absolute Gasteiger partial charge is 0.479 e. The van der Waals surface area contributed by atoms with Crippen molar-refractivity contribution in [2.45, 2.75) is 26.4 Å². The number of nitrogens with one attached hydrogen (secondary N) is 1. The van der Waals surface area contributed by atoms with Gasteiger partial charge >= 0.3 is 0 Å². The molecule has 0 spiro atoms. The summed E-state index contributed by atoms with van der Waals surface area (Å²) >= 11 is 0. The average molecular weight is 240 g/mol. The minimum absolute atomic E-state index is 0.263. The standard InChI is InChI=1S/C11H20N4O2/c1-8(2)17-6-4-5-13-10-9(12)11(16-3)15-7-14-10/h7-8H,4-6,12H2,1-3H3,(H,13,14,15). The maximum absolute atomic E-state index is 5.81. The van der Waals surface area contributed by atoms with Crippen molar-refractivity contribution in [1.29, 1.82) is 0 Å². The molecule has 0 amide bonds. The van der Waals surface area contributed by atoms with Gasteiger partial charge in [0.1, 0.15) is 12.0 Å². The van der Waals surface area contributed by atoms with Crippen molar-refractivity contribution in [3.8, 4) is 5.88 Å². The molecule has 0 bridgehead atoms. The Kier molecular flexibility index (Phi) is 5.48. The van der Waals surface area contributed by atoms with Crippen molar-refractivity contribution in [3.63, 3.8) is 0 Å². The van der Waals surface area contributed by atoms with Gasteiger partial charge in [0, 0.05) is 13.2 Å². The summed E-state index contributed by atoms with van der Waals surface area (Å²) < 4.78 is 10.4. The van der Waals surface area contributed by atoms with Crippen LogP contribution in [-0.2, 0) is 4.74 Å². The second kappa shape index (κ2) is 6.90. The van der Waals surface area contributed by atoms with Crippen LogP contribution in [0.25, 0.3) is 0 Å². The first-order valence-corrected chi connectivity index (χ1v) is 5.65. The highest BCUT2D eigenvalue weighted by molar-refractivity contribution is 5.66. The van der Waals surface area contributed by atoms with Gasteiger partial charge in [-0.05, 0) is 20.3 Å². The molecule has 17 heavy (non-hydrogen) atoms. The zero-order valence-corrected chi connectivity index (χ0v) is 10.6. The fraction of sp³-hybridized carbons (Fsp3) is 0.636. The summed E-state index contributed by atoms with van der Waals surface area (Å²) in [5.41, 5.74) is 6.24. The van der Waals surface area contributed by atoms with E-state index in [0.717, 1.165) is 13.0 Å². The third-order valence-corrected chi connectivity index (χ3v) is 2.11. The van der Waals surface area contributed by atoms with E-state index in [1.165, 1.54) is 13.4 Å². The van der Waals surface area contributed by atoms with Gasteiger partial charge in [-0.2, -0.15) is 4.98 Å². The summed E-state index contributed by atoms with van der Waals surface area (Å²) in [5, 5.41) is 3.13. The molecule has 0 radical (unpaired) electrons. The summed E-state index contributed by atoms with van der Waals surface area (Å²) in [6.07, 6.45) is 2.57. The van der Waals surface area contributed by atoms with Gasteiger partial charge in [0.05, 0.1) is 13.2 Å². The van der Waals surface area contributed by atoms with Crippen molar-refractivity contribution in [3.05, 3.63) is 6.33 Å². The molecule has 3 N–H and O–H groups in total. The van der Waals surface area contributed by atoms with E-state index in [2.05, 4.69) is 15.3 Å². The van der Waals surface area contributed by atoms with Crippen LogP contribution in [0.2, 0.25) is 0 Å². The van der Waals surface area contributed by atoms with Gasteiger partial charge in [-0.15, -0.1) is 0 Å². The second-order valence-electron chi connectivity index (χ2n) is 3.85. The number of rotatable bonds is 7. The molecule has 6 nitrogen and oxygen atoms in total. The average Bonchev–Trinajstić information content (AvgIpc) is 2.30. The Morgan fingerprint density at radius 2 is 2.18 bits per heavy atom. The van der Waals surface area contributed by atoms with Crippen molar-refractivity contribution < 1.29 is 9.47 Å². The smallest absolute Gasteiger partial charge is 0.242 e. The molecule has 0 atom stereocenters.